The smallest absolute Gasteiger partial charge is 0.224 e. The van der Waals surface area contributed by atoms with Crippen LogP contribution in [0, 0.1) is 5.92 Å². The zero-order chi connectivity index (χ0) is 19.0. The quantitative estimate of drug-likeness (QED) is 0.310. The van der Waals surface area contributed by atoms with Gasteiger partial charge < -0.3 is 25.0 Å². The normalized spacial score (nSPS) is 15.7. The van der Waals surface area contributed by atoms with E-state index in [0.717, 1.165) is 71.3 Å². The molecule has 1 aliphatic rings. The highest BCUT2D eigenvalue weighted by molar-refractivity contribution is 5.81. The summed E-state index contributed by atoms with van der Waals surface area (Å²) < 4.78 is 11.1. The van der Waals surface area contributed by atoms with E-state index in [4.69, 9.17) is 9.47 Å². The van der Waals surface area contributed by atoms with Crippen molar-refractivity contribution in [2.45, 2.75) is 46.5 Å². The summed E-state index contributed by atoms with van der Waals surface area (Å²) >= 11 is 0. The summed E-state index contributed by atoms with van der Waals surface area (Å²) in [5.41, 5.74) is 0. The molecule has 0 unspecified atom stereocenters. The van der Waals surface area contributed by atoms with Gasteiger partial charge in [0.2, 0.25) is 5.91 Å². The summed E-state index contributed by atoms with van der Waals surface area (Å²) in [5, 5.41) is 6.45. The zero-order valence-electron chi connectivity index (χ0n) is 16.9. The largest absolute Gasteiger partial charge is 0.381 e. The summed E-state index contributed by atoms with van der Waals surface area (Å²) in [6.45, 7) is 13.0. The van der Waals surface area contributed by atoms with Crippen molar-refractivity contribution in [3.05, 3.63) is 0 Å². The molecule has 1 aliphatic heterocycles. The summed E-state index contributed by atoms with van der Waals surface area (Å²) in [4.78, 5) is 18.4. The first-order valence-electron chi connectivity index (χ1n) is 10.2. The molecule has 0 radical (unpaired) electrons. The van der Waals surface area contributed by atoms with Crippen LogP contribution in [0.4, 0.5) is 0 Å². The van der Waals surface area contributed by atoms with Gasteiger partial charge in [0.05, 0.1) is 0 Å². The molecule has 0 aromatic carbocycles. The van der Waals surface area contributed by atoms with Crippen molar-refractivity contribution in [3.63, 3.8) is 0 Å². The number of rotatable bonds is 12. The number of hydrogen-bond acceptors (Lipinski definition) is 4. The van der Waals surface area contributed by atoms with Crippen LogP contribution < -0.4 is 10.6 Å². The number of guanidine groups is 1. The number of ether oxygens (including phenoxy) is 2. The summed E-state index contributed by atoms with van der Waals surface area (Å²) in [5.74, 6) is 1.60. The molecule has 7 heteroatoms. The van der Waals surface area contributed by atoms with E-state index >= 15 is 0 Å². The fourth-order valence-corrected chi connectivity index (χ4v) is 2.88. The van der Waals surface area contributed by atoms with E-state index in [0.29, 0.717) is 25.4 Å². The standard InChI is InChI=1S/C19H38N4O3/c1-4-20-19(22-12-8-18(24)23(5-2)6-3)21-11-7-13-26-16-17-9-14-25-15-10-17/h17H,4-16H2,1-3H3,(H2,20,21,22). The van der Waals surface area contributed by atoms with Gasteiger partial charge in [-0.25, -0.2) is 0 Å². The first kappa shape index (κ1) is 22.7. The van der Waals surface area contributed by atoms with Gasteiger partial charge in [-0.3, -0.25) is 9.79 Å². The third-order valence-electron chi connectivity index (χ3n) is 4.50. The van der Waals surface area contributed by atoms with Gasteiger partial charge in [0, 0.05) is 65.6 Å². The van der Waals surface area contributed by atoms with Crippen LogP contribution in [0.5, 0.6) is 0 Å². The van der Waals surface area contributed by atoms with Crippen LogP contribution in [0.3, 0.4) is 0 Å². The molecular formula is C19H38N4O3. The summed E-state index contributed by atoms with van der Waals surface area (Å²) in [7, 11) is 0. The first-order chi connectivity index (χ1) is 12.7. The van der Waals surface area contributed by atoms with Crippen molar-refractivity contribution >= 4 is 11.9 Å². The van der Waals surface area contributed by atoms with E-state index in [-0.39, 0.29) is 5.91 Å². The van der Waals surface area contributed by atoms with E-state index < -0.39 is 0 Å². The Kier molecular flexibility index (Phi) is 12.9. The lowest BCUT2D eigenvalue weighted by molar-refractivity contribution is -0.130. The Morgan fingerprint density at radius 2 is 1.92 bits per heavy atom. The Morgan fingerprint density at radius 3 is 2.58 bits per heavy atom. The van der Waals surface area contributed by atoms with Gasteiger partial charge in [0.1, 0.15) is 0 Å². The fraction of sp³-hybridized carbons (Fsp3) is 0.895. The van der Waals surface area contributed by atoms with E-state index in [1.165, 1.54) is 0 Å². The molecule has 152 valence electrons. The molecule has 26 heavy (non-hydrogen) atoms. The minimum Gasteiger partial charge on any atom is -0.381 e. The van der Waals surface area contributed by atoms with Gasteiger partial charge in [-0.05, 0) is 46.0 Å². The van der Waals surface area contributed by atoms with Gasteiger partial charge >= 0.3 is 0 Å². The van der Waals surface area contributed by atoms with E-state index in [9.17, 15) is 4.79 Å². The Balaban J connectivity index is 2.16. The molecule has 1 amide bonds. The maximum Gasteiger partial charge on any atom is 0.224 e. The Morgan fingerprint density at radius 1 is 1.19 bits per heavy atom. The predicted molar refractivity (Wildman–Crippen MR) is 106 cm³/mol. The van der Waals surface area contributed by atoms with Gasteiger partial charge in [0.15, 0.2) is 5.96 Å². The molecule has 0 saturated carbocycles. The predicted octanol–water partition coefficient (Wildman–Crippen LogP) is 1.63. The molecule has 0 bridgehead atoms. The molecule has 1 heterocycles. The summed E-state index contributed by atoms with van der Waals surface area (Å²) in [6, 6.07) is 0. The molecule has 1 fully saturated rings. The number of aliphatic imine (C=N–C) groups is 1. The van der Waals surface area contributed by atoms with Crippen LogP contribution in [0.25, 0.3) is 0 Å². The Labute approximate surface area is 158 Å². The van der Waals surface area contributed by atoms with Crippen molar-refractivity contribution in [3.8, 4) is 0 Å². The molecule has 1 rings (SSSR count). The second-order valence-corrected chi connectivity index (χ2v) is 6.49. The molecule has 0 aromatic heterocycles. The summed E-state index contributed by atoms with van der Waals surface area (Å²) in [6.07, 6.45) is 3.61. The van der Waals surface area contributed by atoms with Crippen LogP contribution in [0.1, 0.15) is 46.5 Å². The molecular weight excluding hydrogens is 332 g/mol. The van der Waals surface area contributed by atoms with Crippen molar-refractivity contribution in [1.29, 1.82) is 0 Å². The number of carbonyl (C=O) groups excluding carboxylic acids is 1. The molecule has 0 aliphatic carbocycles. The average Bonchev–Trinajstić information content (AvgIpc) is 2.66. The zero-order valence-corrected chi connectivity index (χ0v) is 16.9. The van der Waals surface area contributed by atoms with Gasteiger partial charge in [-0.2, -0.15) is 0 Å². The molecule has 2 N–H and O–H groups in total. The van der Waals surface area contributed by atoms with Crippen LogP contribution >= 0.6 is 0 Å². The van der Waals surface area contributed by atoms with Crippen molar-refractivity contribution in [2.75, 3.05) is 59.2 Å². The SMILES string of the molecule is CCNC(=NCCCOCC1CCOCC1)NCCC(=O)N(CC)CC. The van der Waals surface area contributed by atoms with Crippen LogP contribution in [0.2, 0.25) is 0 Å². The highest BCUT2D eigenvalue weighted by Crippen LogP contribution is 2.14. The third kappa shape index (κ3) is 9.97. The lowest BCUT2D eigenvalue weighted by Crippen LogP contribution is -2.40. The third-order valence-corrected chi connectivity index (χ3v) is 4.50. The molecule has 0 aromatic rings. The number of amides is 1. The number of nitrogens with zero attached hydrogens (tertiary/aromatic N) is 2. The monoisotopic (exact) mass is 370 g/mol. The second-order valence-electron chi connectivity index (χ2n) is 6.49. The fourth-order valence-electron chi connectivity index (χ4n) is 2.88. The van der Waals surface area contributed by atoms with Gasteiger partial charge in [-0.15, -0.1) is 0 Å². The van der Waals surface area contributed by atoms with Gasteiger partial charge in [0.25, 0.3) is 0 Å². The maximum atomic E-state index is 12.0. The highest BCUT2D eigenvalue weighted by atomic mass is 16.5. The first-order valence-corrected chi connectivity index (χ1v) is 10.2. The van der Waals surface area contributed by atoms with Crippen molar-refractivity contribution in [2.24, 2.45) is 10.9 Å². The lowest BCUT2D eigenvalue weighted by atomic mass is 10.0. The molecule has 7 nitrogen and oxygen atoms in total. The Hall–Kier alpha value is -1.34. The van der Waals surface area contributed by atoms with E-state index in [1.807, 2.05) is 25.7 Å². The minimum atomic E-state index is 0.180. The maximum absolute atomic E-state index is 12.0. The molecule has 0 atom stereocenters. The highest BCUT2D eigenvalue weighted by Gasteiger charge is 2.13. The average molecular weight is 371 g/mol. The molecule has 0 spiro atoms. The van der Waals surface area contributed by atoms with Crippen molar-refractivity contribution in [1.82, 2.24) is 15.5 Å². The van der Waals surface area contributed by atoms with Crippen molar-refractivity contribution < 1.29 is 14.3 Å². The second kappa shape index (κ2) is 14.8. The van der Waals surface area contributed by atoms with E-state index in [1.54, 1.807) is 0 Å². The Bertz CT molecular complexity index is 394. The van der Waals surface area contributed by atoms with Crippen LogP contribution in [-0.4, -0.2) is 75.9 Å². The number of hydrogen-bond donors (Lipinski definition) is 2. The minimum absolute atomic E-state index is 0.180. The topological polar surface area (TPSA) is 75.2 Å². The van der Waals surface area contributed by atoms with E-state index in [2.05, 4.69) is 15.6 Å². The van der Waals surface area contributed by atoms with Gasteiger partial charge in [-0.1, -0.05) is 0 Å². The number of carbonyl (C=O) groups is 1. The van der Waals surface area contributed by atoms with Crippen LogP contribution in [0.15, 0.2) is 4.99 Å². The van der Waals surface area contributed by atoms with Crippen LogP contribution in [-0.2, 0) is 14.3 Å². The number of nitrogens with one attached hydrogen (secondary N) is 2. The molecule has 1 saturated heterocycles. The lowest BCUT2D eigenvalue weighted by Gasteiger charge is -2.21.